The molecule has 6 heteroatoms. The molecule has 0 amide bonds. The van der Waals surface area contributed by atoms with Gasteiger partial charge in [0.25, 0.3) is 0 Å². The van der Waals surface area contributed by atoms with Gasteiger partial charge in [0.1, 0.15) is 11.5 Å². The average molecular weight is 393 g/mol. The Hall–Kier alpha value is -3.56. The molecule has 0 aromatic heterocycles. The van der Waals surface area contributed by atoms with Crippen molar-refractivity contribution in [2.24, 2.45) is 15.7 Å². The Morgan fingerprint density at radius 3 is 2.34 bits per heavy atom. The molecule has 152 valence electrons. The van der Waals surface area contributed by atoms with Gasteiger partial charge in [0.05, 0.1) is 31.2 Å². The Morgan fingerprint density at radius 2 is 1.79 bits per heavy atom. The van der Waals surface area contributed by atoms with Crippen molar-refractivity contribution in [1.29, 1.82) is 0 Å². The summed E-state index contributed by atoms with van der Waals surface area (Å²) in [6, 6.07) is 11.4. The minimum absolute atomic E-state index is 0.636. The van der Waals surface area contributed by atoms with Gasteiger partial charge < -0.3 is 20.5 Å². The molecule has 0 aliphatic carbocycles. The summed E-state index contributed by atoms with van der Waals surface area (Å²) in [7, 11) is 6.58. The molecular formula is C23H28N4O2. The van der Waals surface area contributed by atoms with E-state index in [2.05, 4.69) is 39.6 Å². The first-order valence-electron chi connectivity index (χ1n) is 8.91. The Bertz CT molecular complexity index is 915. The molecule has 0 aliphatic heterocycles. The van der Waals surface area contributed by atoms with Crippen molar-refractivity contribution in [2.45, 2.75) is 6.92 Å². The van der Waals surface area contributed by atoms with E-state index in [0.717, 1.165) is 22.5 Å². The van der Waals surface area contributed by atoms with E-state index in [-0.39, 0.29) is 0 Å². The van der Waals surface area contributed by atoms with E-state index in [1.165, 1.54) is 7.05 Å². The second-order valence-electron chi connectivity index (χ2n) is 5.60. The number of allylic oxidation sites excluding steroid dienone is 1. The Balaban J connectivity index is 0.00000204. The van der Waals surface area contributed by atoms with Crippen LogP contribution in [-0.4, -0.2) is 41.2 Å². The lowest BCUT2D eigenvalue weighted by molar-refractivity contribution is 0.394. The first kappa shape index (κ1) is 23.5. The summed E-state index contributed by atoms with van der Waals surface area (Å²) in [4.78, 5) is 8.40. The maximum absolute atomic E-state index is 5.27. The summed E-state index contributed by atoms with van der Waals surface area (Å²) in [6.07, 6.45) is 3.26. The van der Waals surface area contributed by atoms with Crippen LogP contribution in [0.2, 0.25) is 0 Å². The van der Waals surface area contributed by atoms with Crippen LogP contribution in [0.1, 0.15) is 11.1 Å². The number of hydrogen-bond acceptors (Lipinski definition) is 6. The van der Waals surface area contributed by atoms with E-state index in [4.69, 9.17) is 9.47 Å². The first-order valence-corrected chi connectivity index (χ1v) is 8.91. The number of rotatable bonds is 6. The van der Waals surface area contributed by atoms with Crippen LogP contribution < -0.4 is 20.5 Å². The highest BCUT2D eigenvalue weighted by Crippen LogP contribution is 2.28. The highest BCUT2D eigenvalue weighted by Gasteiger charge is 2.02. The molecular weight excluding hydrogens is 364 g/mol. The van der Waals surface area contributed by atoms with Gasteiger partial charge in [-0.25, -0.2) is 0 Å². The Morgan fingerprint density at radius 1 is 1.14 bits per heavy atom. The van der Waals surface area contributed by atoms with E-state index in [9.17, 15) is 0 Å². The fraction of sp³-hybridized carbons (Fsp3) is 0.217. The summed E-state index contributed by atoms with van der Waals surface area (Å²) >= 11 is 0. The molecule has 0 aliphatic rings. The van der Waals surface area contributed by atoms with E-state index in [0.29, 0.717) is 17.1 Å². The number of para-hydroxylation sites is 1. The van der Waals surface area contributed by atoms with E-state index < -0.39 is 0 Å². The third-order valence-electron chi connectivity index (χ3n) is 3.77. The lowest BCUT2D eigenvalue weighted by Gasteiger charge is -2.07. The number of aryl methyl sites for hydroxylation is 1. The largest absolute Gasteiger partial charge is 0.497 e. The van der Waals surface area contributed by atoms with Crippen LogP contribution in [0.4, 0.5) is 11.4 Å². The van der Waals surface area contributed by atoms with Crippen LogP contribution in [0, 0.1) is 18.8 Å². The molecule has 0 saturated carbocycles. The topological polar surface area (TPSA) is 81.2 Å². The van der Waals surface area contributed by atoms with Crippen molar-refractivity contribution in [2.75, 3.05) is 33.6 Å². The molecule has 0 unspecified atom stereocenters. The standard InChI is InChI=1S/C22H23N3O2.CH5N/c1-16-7-6-8-21(24-3)22(16)25-15-18(14-23-2)10-9-17-11-19(26-4)13-20(12-17)27-5;1-2/h6-8,11-15,24H,2H2,1,3-5H3;2H2,1H3/b18-14-,25-15?;. The molecule has 3 N–H and O–H groups in total. The van der Waals surface area contributed by atoms with E-state index in [1.54, 1.807) is 32.7 Å². The average Bonchev–Trinajstić information content (AvgIpc) is 2.77. The van der Waals surface area contributed by atoms with Gasteiger partial charge >= 0.3 is 0 Å². The number of anilines is 1. The number of nitrogens with one attached hydrogen (secondary N) is 1. The lowest BCUT2D eigenvalue weighted by atomic mass is 10.1. The van der Waals surface area contributed by atoms with Crippen LogP contribution in [-0.2, 0) is 0 Å². The van der Waals surface area contributed by atoms with Crippen LogP contribution in [0.25, 0.3) is 0 Å². The van der Waals surface area contributed by atoms with Gasteiger partial charge in [-0.2, -0.15) is 0 Å². The molecule has 29 heavy (non-hydrogen) atoms. The molecule has 6 nitrogen and oxygen atoms in total. The maximum Gasteiger partial charge on any atom is 0.123 e. The third-order valence-corrected chi connectivity index (χ3v) is 3.77. The van der Waals surface area contributed by atoms with Crippen LogP contribution in [0.15, 0.2) is 58.2 Å². The SMILES string of the molecule is C=N/C=C(/C#Cc1cc(OC)cc(OC)c1)C=Nc1c(C)cccc1NC.CN. The molecule has 0 heterocycles. The maximum atomic E-state index is 5.27. The van der Waals surface area contributed by atoms with Gasteiger partial charge in [-0.05, 0) is 44.5 Å². The van der Waals surface area contributed by atoms with Crippen LogP contribution in [0.5, 0.6) is 11.5 Å². The number of benzene rings is 2. The summed E-state index contributed by atoms with van der Waals surface area (Å²) in [6.45, 7) is 5.52. The molecule has 2 aromatic carbocycles. The van der Waals surface area contributed by atoms with E-state index in [1.807, 2.05) is 44.3 Å². The van der Waals surface area contributed by atoms with Gasteiger partial charge in [-0.1, -0.05) is 24.0 Å². The van der Waals surface area contributed by atoms with Crippen molar-refractivity contribution >= 4 is 24.3 Å². The molecule has 0 radical (unpaired) electrons. The second-order valence-corrected chi connectivity index (χ2v) is 5.60. The third kappa shape index (κ3) is 7.17. The van der Waals surface area contributed by atoms with Crippen molar-refractivity contribution in [3.63, 3.8) is 0 Å². The van der Waals surface area contributed by atoms with Crippen LogP contribution in [0.3, 0.4) is 0 Å². The zero-order chi connectivity index (χ0) is 21.6. The number of methoxy groups -OCH3 is 2. The monoisotopic (exact) mass is 392 g/mol. The Kier molecular flexibility index (Phi) is 10.3. The number of nitrogens with zero attached hydrogens (tertiary/aromatic N) is 2. The van der Waals surface area contributed by atoms with Crippen LogP contribution >= 0.6 is 0 Å². The molecule has 0 spiro atoms. The van der Waals surface area contributed by atoms with E-state index >= 15 is 0 Å². The van der Waals surface area contributed by atoms with Gasteiger partial charge in [0, 0.05) is 31.1 Å². The predicted molar refractivity (Wildman–Crippen MR) is 123 cm³/mol. The molecule has 0 bridgehead atoms. The lowest BCUT2D eigenvalue weighted by Crippen LogP contribution is -1.91. The highest BCUT2D eigenvalue weighted by atomic mass is 16.5. The zero-order valence-electron chi connectivity index (χ0n) is 17.6. The number of ether oxygens (including phenoxy) is 2. The van der Waals surface area contributed by atoms with Gasteiger partial charge in [0.15, 0.2) is 0 Å². The molecule has 0 saturated heterocycles. The van der Waals surface area contributed by atoms with Gasteiger partial charge in [-0.15, -0.1) is 0 Å². The summed E-state index contributed by atoms with van der Waals surface area (Å²) in [5, 5.41) is 3.14. The molecule has 2 rings (SSSR count). The number of aliphatic imine (C=N–C) groups is 2. The minimum atomic E-state index is 0.636. The number of hydrogen-bond donors (Lipinski definition) is 2. The summed E-state index contributed by atoms with van der Waals surface area (Å²) in [5.41, 5.74) is 8.77. The Labute approximate surface area is 173 Å². The van der Waals surface area contributed by atoms with Crippen molar-refractivity contribution < 1.29 is 9.47 Å². The van der Waals surface area contributed by atoms with Crippen molar-refractivity contribution in [1.82, 2.24) is 0 Å². The quantitative estimate of drug-likeness (QED) is 0.576. The fourth-order valence-electron chi connectivity index (χ4n) is 2.39. The predicted octanol–water partition coefficient (Wildman–Crippen LogP) is 3.97. The van der Waals surface area contributed by atoms with Crippen molar-refractivity contribution in [3.05, 3.63) is 59.3 Å². The summed E-state index contributed by atoms with van der Waals surface area (Å²) < 4.78 is 10.5. The highest BCUT2D eigenvalue weighted by molar-refractivity contribution is 5.88. The molecule has 2 aromatic rings. The normalized spacial score (nSPS) is 10.3. The van der Waals surface area contributed by atoms with Gasteiger partial charge in [0.2, 0.25) is 0 Å². The molecule has 0 atom stereocenters. The second kappa shape index (κ2) is 12.8. The van der Waals surface area contributed by atoms with Gasteiger partial charge in [-0.3, -0.25) is 9.98 Å². The van der Waals surface area contributed by atoms with Crippen molar-refractivity contribution in [3.8, 4) is 23.3 Å². The smallest absolute Gasteiger partial charge is 0.123 e. The summed E-state index contributed by atoms with van der Waals surface area (Å²) in [5.74, 6) is 7.51. The first-order chi connectivity index (χ1) is 14.1. The minimum Gasteiger partial charge on any atom is -0.497 e. The molecule has 0 fully saturated rings. The number of nitrogens with two attached hydrogens (primary N) is 1. The fourth-order valence-corrected chi connectivity index (χ4v) is 2.39. The zero-order valence-corrected chi connectivity index (χ0v) is 17.6.